The van der Waals surface area contributed by atoms with Crippen LogP contribution >= 0.6 is 35.0 Å². The maximum absolute atomic E-state index is 12.2. The van der Waals surface area contributed by atoms with Gasteiger partial charge in [-0.1, -0.05) is 41.0 Å². The fraction of sp³-hybridized carbons (Fsp3) is 0.222. The first-order chi connectivity index (χ1) is 11.4. The second kappa shape index (κ2) is 7.18. The molecular formula is C18H16Cl2N2OS. The first-order valence-electron chi connectivity index (χ1n) is 7.50. The maximum atomic E-state index is 12.2. The standard InChI is InChI=1S/C18H16Cl2N2OS/c1-10-3-5-14(7-11(10)2)21-18-22-17(23)16(24-18)9-12-8-13(19)4-6-15(12)20/h3-8,16H,9H2,1-2H3,(H,21,22,23)/t16-/m1/s1. The molecule has 1 aliphatic heterocycles. The molecule has 1 saturated heterocycles. The van der Waals surface area contributed by atoms with Crippen LogP contribution in [0.1, 0.15) is 16.7 Å². The van der Waals surface area contributed by atoms with E-state index in [9.17, 15) is 4.79 Å². The van der Waals surface area contributed by atoms with Crippen LogP contribution in [0.5, 0.6) is 0 Å². The minimum absolute atomic E-state index is 0.0568. The van der Waals surface area contributed by atoms with Gasteiger partial charge in [-0.25, -0.2) is 4.99 Å². The summed E-state index contributed by atoms with van der Waals surface area (Å²) in [4.78, 5) is 16.7. The van der Waals surface area contributed by atoms with Crippen LogP contribution < -0.4 is 5.32 Å². The molecule has 2 aromatic carbocycles. The summed E-state index contributed by atoms with van der Waals surface area (Å²) < 4.78 is 0. The molecule has 1 atom stereocenters. The van der Waals surface area contributed by atoms with Gasteiger partial charge < -0.3 is 5.32 Å². The van der Waals surface area contributed by atoms with Crippen molar-refractivity contribution < 1.29 is 4.79 Å². The summed E-state index contributed by atoms with van der Waals surface area (Å²) >= 11 is 13.6. The third kappa shape index (κ3) is 3.94. The molecule has 0 radical (unpaired) electrons. The zero-order chi connectivity index (χ0) is 17.3. The van der Waals surface area contributed by atoms with Gasteiger partial charge in [0.25, 0.3) is 0 Å². The monoisotopic (exact) mass is 378 g/mol. The molecule has 124 valence electrons. The molecule has 0 saturated carbocycles. The number of carbonyl (C=O) groups is 1. The van der Waals surface area contributed by atoms with Gasteiger partial charge in [0.1, 0.15) is 0 Å². The number of nitrogens with zero attached hydrogens (tertiary/aromatic N) is 1. The Kier molecular flexibility index (Phi) is 5.18. The topological polar surface area (TPSA) is 41.5 Å². The number of carbonyl (C=O) groups excluding carboxylic acids is 1. The number of amidine groups is 1. The summed E-state index contributed by atoms with van der Waals surface area (Å²) in [7, 11) is 0. The number of rotatable bonds is 3. The van der Waals surface area contributed by atoms with E-state index < -0.39 is 0 Å². The molecule has 0 spiro atoms. The lowest BCUT2D eigenvalue weighted by atomic mass is 10.1. The lowest BCUT2D eigenvalue weighted by Crippen LogP contribution is -2.26. The molecule has 2 aromatic rings. The molecule has 0 unspecified atom stereocenters. The van der Waals surface area contributed by atoms with Gasteiger partial charge in [0.05, 0.1) is 10.9 Å². The van der Waals surface area contributed by atoms with Crippen molar-refractivity contribution in [2.24, 2.45) is 4.99 Å². The SMILES string of the molecule is Cc1ccc(N=C2NC(=O)[C@@H](Cc3cc(Cl)ccc3Cl)S2)cc1C. The molecule has 3 rings (SSSR count). The van der Waals surface area contributed by atoms with E-state index in [0.29, 0.717) is 21.6 Å². The van der Waals surface area contributed by atoms with Crippen LogP contribution in [0, 0.1) is 13.8 Å². The predicted molar refractivity (Wildman–Crippen MR) is 103 cm³/mol. The predicted octanol–water partition coefficient (Wildman–Crippen LogP) is 5.07. The number of thioether (sulfide) groups is 1. The van der Waals surface area contributed by atoms with E-state index in [1.54, 1.807) is 18.2 Å². The Morgan fingerprint density at radius 2 is 1.92 bits per heavy atom. The van der Waals surface area contributed by atoms with Crippen LogP contribution in [-0.2, 0) is 11.2 Å². The summed E-state index contributed by atoms with van der Waals surface area (Å²) in [6.45, 7) is 4.10. The average Bonchev–Trinajstić information content (AvgIpc) is 2.86. The largest absolute Gasteiger partial charge is 0.304 e. The molecule has 0 aromatic heterocycles. The van der Waals surface area contributed by atoms with Crippen LogP contribution in [0.15, 0.2) is 41.4 Å². The van der Waals surface area contributed by atoms with Gasteiger partial charge in [-0.2, -0.15) is 0 Å². The molecule has 1 N–H and O–H groups in total. The number of aliphatic imine (C=N–C) groups is 1. The lowest BCUT2D eigenvalue weighted by Gasteiger charge is -2.08. The van der Waals surface area contributed by atoms with Gasteiger partial charge >= 0.3 is 0 Å². The van der Waals surface area contributed by atoms with Crippen LogP contribution in [0.25, 0.3) is 0 Å². The van der Waals surface area contributed by atoms with Crippen molar-refractivity contribution in [3.8, 4) is 0 Å². The van der Waals surface area contributed by atoms with E-state index in [1.165, 1.54) is 22.9 Å². The van der Waals surface area contributed by atoms with Gasteiger partial charge in [0.15, 0.2) is 5.17 Å². The number of hydrogen-bond acceptors (Lipinski definition) is 3. The van der Waals surface area contributed by atoms with Gasteiger partial charge in [-0.05, 0) is 67.3 Å². The van der Waals surface area contributed by atoms with Crippen molar-refractivity contribution in [3.05, 3.63) is 63.1 Å². The smallest absolute Gasteiger partial charge is 0.239 e. The van der Waals surface area contributed by atoms with Crippen molar-refractivity contribution in [2.75, 3.05) is 0 Å². The van der Waals surface area contributed by atoms with Crippen molar-refractivity contribution in [3.63, 3.8) is 0 Å². The number of nitrogens with one attached hydrogen (secondary N) is 1. The quantitative estimate of drug-likeness (QED) is 0.809. The Labute approximate surface area is 155 Å². The van der Waals surface area contributed by atoms with Crippen LogP contribution in [-0.4, -0.2) is 16.3 Å². The minimum Gasteiger partial charge on any atom is -0.304 e. The van der Waals surface area contributed by atoms with Crippen molar-refractivity contribution >= 4 is 51.7 Å². The molecule has 1 amide bonds. The summed E-state index contributed by atoms with van der Waals surface area (Å²) in [6, 6.07) is 11.3. The van der Waals surface area contributed by atoms with E-state index in [0.717, 1.165) is 11.3 Å². The molecule has 24 heavy (non-hydrogen) atoms. The van der Waals surface area contributed by atoms with Crippen LogP contribution in [0.3, 0.4) is 0 Å². The first kappa shape index (κ1) is 17.3. The molecule has 1 aliphatic rings. The van der Waals surface area contributed by atoms with E-state index >= 15 is 0 Å². The van der Waals surface area contributed by atoms with Gasteiger partial charge in [0.2, 0.25) is 5.91 Å². The number of benzene rings is 2. The third-order valence-electron chi connectivity index (χ3n) is 3.91. The Morgan fingerprint density at radius 1 is 1.12 bits per heavy atom. The highest BCUT2D eigenvalue weighted by Gasteiger charge is 2.30. The fourth-order valence-electron chi connectivity index (χ4n) is 2.40. The van der Waals surface area contributed by atoms with E-state index in [4.69, 9.17) is 23.2 Å². The van der Waals surface area contributed by atoms with Crippen molar-refractivity contribution in [2.45, 2.75) is 25.5 Å². The Hall–Kier alpha value is -1.49. The molecule has 0 bridgehead atoms. The number of aryl methyl sites for hydroxylation is 2. The van der Waals surface area contributed by atoms with E-state index in [-0.39, 0.29) is 11.2 Å². The zero-order valence-electron chi connectivity index (χ0n) is 13.3. The molecule has 6 heteroatoms. The van der Waals surface area contributed by atoms with E-state index in [1.807, 2.05) is 25.1 Å². The highest BCUT2D eigenvalue weighted by Crippen LogP contribution is 2.29. The van der Waals surface area contributed by atoms with Crippen LogP contribution in [0.4, 0.5) is 5.69 Å². The fourth-order valence-corrected chi connectivity index (χ4v) is 3.81. The number of hydrogen-bond donors (Lipinski definition) is 1. The highest BCUT2D eigenvalue weighted by molar-refractivity contribution is 8.15. The molecule has 3 nitrogen and oxygen atoms in total. The van der Waals surface area contributed by atoms with Gasteiger partial charge in [-0.3, -0.25) is 4.79 Å². The molecule has 0 aliphatic carbocycles. The highest BCUT2D eigenvalue weighted by atomic mass is 35.5. The van der Waals surface area contributed by atoms with Crippen molar-refractivity contribution in [1.82, 2.24) is 5.32 Å². The van der Waals surface area contributed by atoms with Crippen LogP contribution in [0.2, 0.25) is 10.0 Å². The second-order valence-corrected chi connectivity index (χ2v) is 7.76. The lowest BCUT2D eigenvalue weighted by molar-refractivity contribution is -0.118. The average molecular weight is 379 g/mol. The number of halogens is 2. The summed E-state index contributed by atoms with van der Waals surface area (Å²) in [5.41, 5.74) is 4.09. The maximum Gasteiger partial charge on any atom is 0.239 e. The Bertz CT molecular complexity index is 836. The number of amides is 1. The normalized spacial score (nSPS) is 18.9. The molecule has 1 heterocycles. The first-order valence-corrected chi connectivity index (χ1v) is 9.13. The molecule has 1 fully saturated rings. The van der Waals surface area contributed by atoms with E-state index in [2.05, 4.69) is 17.2 Å². The Morgan fingerprint density at radius 3 is 2.67 bits per heavy atom. The summed E-state index contributed by atoms with van der Waals surface area (Å²) in [6.07, 6.45) is 0.516. The summed E-state index contributed by atoms with van der Waals surface area (Å²) in [5, 5.41) is 4.43. The van der Waals surface area contributed by atoms with Crippen molar-refractivity contribution in [1.29, 1.82) is 0 Å². The summed E-state index contributed by atoms with van der Waals surface area (Å²) in [5.74, 6) is -0.0568. The van der Waals surface area contributed by atoms with Gasteiger partial charge in [0, 0.05) is 10.0 Å². The van der Waals surface area contributed by atoms with Gasteiger partial charge in [-0.15, -0.1) is 0 Å². The Balaban J connectivity index is 1.76. The third-order valence-corrected chi connectivity index (χ3v) is 5.60. The molecular weight excluding hydrogens is 363 g/mol. The second-order valence-electron chi connectivity index (χ2n) is 5.72. The zero-order valence-corrected chi connectivity index (χ0v) is 15.6. The minimum atomic E-state index is -0.258.